The minimum absolute atomic E-state index is 0.693. The molecule has 0 N–H and O–H groups in total. The fraction of sp³-hybridized carbons (Fsp3) is 0.0909. The van der Waals surface area contributed by atoms with Crippen LogP contribution in [0.2, 0.25) is 0 Å². The van der Waals surface area contributed by atoms with Crippen LogP contribution in [0, 0.1) is 27.7 Å². The summed E-state index contributed by atoms with van der Waals surface area (Å²) in [7, 11) is 0. The normalized spacial score (nSPS) is 17.5. The fourth-order valence-corrected chi connectivity index (χ4v) is 6.78. The number of aliphatic imine (C=N–C) groups is 4. The molecule has 4 aromatic heterocycles. The molecule has 0 saturated carbocycles. The van der Waals surface area contributed by atoms with Gasteiger partial charge in [-0.3, -0.25) is 19.9 Å². The van der Waals surface area contributed by atoms with E-state index in [1.807, 2.05) is 91.6 Å². The van der Waals surface area contributed by atoms with E-state index in [9.17, 15) is 0 Å². The largest absolute Gasteiger partial charge is 0.256 e. The second-order valence-electron chi connectivity index (χ2n) is 13.3. The first-order valence-corrected chi connectivity index (χ1v) is 17.1. The summed E-state index contributed by atoms with van der Waals surface area (Å²) in [5.41, 5.74) is 16.8. The lowest BCUT2D eigenvalue weighted by molar-refractivity contribution is 1.22. The van der Waals surface area contributed by atoms with Crippen molar-refractivity contribution in [2.75, 3.05) is 0 Å². The van der Waals surface area contributed by atoms with E-state index in [-0.39, 0.29) is 0 Å². The van der Waals surface area contributed by atoms with Crippen molar-refractivity contribution in [2.45, 2.75) is 27.7 Å². The molecule has 0 aliphatic carbocycles. The molecule has 9 heterocycles. The summed E-state index contributed by atoms with van der Waals surface area (Å²) >= 11 is 0. The van der Waals surface area contributed by atoms with Crippen molar-refractivity contribution >= 4 is 45.1 Å². The van der Waals surface area contributed by atoms with Gasteiger partial charge in [0.25, 0.3) is 0 Å². The molecule has 0 amide bonds. The van der Waals surface area contributed by atoms with Crippen LogP contribution < -0.4 is 0 Å². The minimum Gasteiger partial charge on any atom is -0.256 e. The third-order valence-corrected chi connectivity index (χ3v) is 9.19. The molecule has 0 atom stereocenters. The number of hydrogen-bond donors (Lipinski definition) is 0. The van der Waals surface area contributed by atoms with Crippen molar-refractivity contribution in [1.82, 2.24) is 19.9 Å². The average molecular weight is 673 g/mol. The number of allylic oxidation sites excluding steroid dienone is 12. The number of aromatic nitrogens is 4. The molecule has 0 spiro atoms. The predicted molar refractivity (Wildman–Crippen MR) is 210 cm³/mol. The Kier molecular flexibility index (Phi) is 7.51. The highest BCUT2D eigenvalue weighted by Crippen LogP contribution is 2.45. The SMILES string of the molecule is Cc1ccnc(C2=CC3=CC4=NC(=CC5=NC(=CC6=NC(=C(c7cc(C)ccn7)C2=N3)C(c2cc(C)ccn2)=C6c2cc(C)ccn2)C=C5)C=C4)c1. The lowest BCUT2D eigenvalue weighted by Gasteiger charge is -2.16. The first kappa shape index (κ1) is 31.2. The summed E-state index contributed by atoms with van der Waals surface area (Å²) in [6.07, 6.45) is 23.4. The Labute approximate surface area is 301 Å². The van der Waals surface area contributed by atoms with Gasteiger partial charge >= 0.3 is 0 Å². The summed E-state index contributed by atoms with van der Waals surface area (Å²) in [6, 6.07) is 16.4. The summed E-state index contributed by atoms with van der Waals surface area (Å²) < 4.78 is 0. The monoisotopic (exact) mass is 672 g/mol. The fourth-order valence-electron chi connectivity index (χ4n) is 6.78. The molecule has 248 valence electrons. The lowest BCUT2D eigenvalue weighted by Crippen LogP contribution is -2.09. The smallest absolute Gasteiger partial charge is 0.0854 e. The zero-order valence-corrected chi connectivity index (χ0v) is 29.1. The van der Waals surface area contributed by atoms with E-state index in [4.69, 9.17) is 39.9 Å². The van der Waals surface area contributed by atoms with Crippen LogP contribution in [0.4, 0.5) is 0 Å². The van der Waals surface area contributed by atoms with Crippen LogP contribution >= 0.6 is 0 Å². The Morgan fingerprint density at radius 1 is 0.404 bits per heavy atom. The molecule has 0 aromatic carbocycles. The molecule has 5 aliphatic rings. The first-order chi connectivity index (χ1) is 25.3. The zero-order chi connectivity index (χ0) is 35.3. The molecule has 8 bridgehead atoms. The number of pyridine rings is 4. The van der Waals surface area contributed by atoms with E-state index in [1.165, 1.54) is 0 Å². The molecule has 4 aromatic rings. The van der Waals surface area contributed by atoms with E-state index in [2.05, 4.69) is 58.0 Å². The third-order valence-electron chi connectivity index (χ3n) is 9.19. The van der Waals surface area contributed by atoms with Crippen LogP contribution in [0.15, 0.2) is 165 Å². The molecule has 0 saturated heterocycles. The molecule has 5 aliphatic heterocycles. The number of hydrogen-bond acceptors (Lipinski definition) is 8. The van der Waals surface area contributed by atoms with Crippen LogP contribution in [0.5, 0.6) is 0 Å². The van der Waals surface area contributed by atoms with Gasteiger partial charge < -0.3 is 0 Å². The molecular formula is C44H32N8. The summed E-state index contributed by atoms with van der Waals surface area (Å²) in [4.78, 5) is 40.4. The van der Waals surface area contributed by atoms with E-state index in [0.29, 0.717) is 11.4 Å². The van der Waals surface area contributed by atoms with Gasteiger partial charge in [-0.05, 0) is 147 Å². The van der Waals surface area contributed by atoms with Gasteiger partial charge in [-0.2, -0.15) is 0 Å². The van der Waals surface area contributed by atoms with Crippen LogP contribution in [0.3, 0.4) is 0 Å². The van der Waals surface area contributed by atoms with Crippen LogP contribution in [0.25, 0.3) is 22.3 Å². The second kappa shape index (κ2) is 12.5. The standard InChI is InChI=1S/C44H32N8/c1-25-9-13-45-35(17-25)34-23-33-22-31-6-5-29(49-31)21-30-7-8-32(50-30)24-39-40(36-18-26(2)10-14-46-36)41(37-19-27(3)11-15-47-37)44(52-39)42(43(34)51-33)38-20-28(4)12-16-48-38/h5-24H,1-4H3. The van der Waals surface area contributed by atoms with Gasteiger partial charge in [0, 0.05) is 41.5 Å². The van der Waals surface area contributed by atoms with Gasteiger partial charge in [0.2, 0.25) is 0 Å². The van der Waals surface area contributed by atoms with Crippen LogP contribution in [-0.4, -0.2) is 42.8 Å². The molecule has 9 rings (SSSR count). The molecule has 0 radical (unpaired) electrons. The second-order valence-corrected chi connectivity index (χ2v) is 13.3. The molecule has 0 fully saturated rings. The van der Waals surface area contributed by atoms with Gasteiger partial charge in [0.05, 0.1) is 74.0 Å². The Morgan fingerprint density at radius 3 is 1.46 bits per heavy atom. The molecule has 8 heteroatoms. The molecule has 0 unspecified atom stereocenters. The zero-order valence-electron chi connectivity index (χ0n) is 29.1. The highest BCUT2D eigenvalue weighted by atomic mass is 14.9. The quantitative estimate of drug-likeness (QED) is 0.217. The highest BCUT2D eigenvalue weighted by Gasteiger charge is 2.35. The Morgan fingerprint density at radius 2 is 0.885 bits per heavy atom. The van der Waals surface area contributed by atoms with Gasteiger partial charge in [0.15, 0.2) is 0 Å². The Bertz CT molecular complexity index is 2650. The highest BCUT2D eigenvalue weighted by molar-refractivity contribution is 6.50. The first-order valence-electron chi connectivity index (χ1n) is 17.1. The number of aryl methyl sites for hydroxylation is 4. The predicted octanol–water partition coefficient (Wildman–Crippen LogP) is 8.50. The van der Waals surface area contributed by atoms with Crippen molar-refractivity contribution in [3.05, 3.63) is 190 Å². The Balaban J connectivity index is 1.45. The summed E-state index contributed by atoms with van der Waals surface area (Å²) in [5.74, 6) is 0. The van der Waals surface area contributed by atoms with E-state index in [1.54, 1.807) is 0 Å². The van der Waals surface area contributed by atoms with Crippen LogP contribution in [0.1, 0.15) is 45.0 Å². The third kappa shape index (κ3) is 5.80. The topological polar surface area (TPSA) is 101 Å². The molecule has 8 nitrogen and oxygen atoms in total. The van der Waals surface area contributed by atoms with Crippen LogP contribution in [-0.2, 0) is 0 Å². The van der Waals surface area contributed by atoms with Gasteiger partial charge in [0.1, 0.15) is 0 Å². The maximum Gasteiger partial charge on any atom is 0.0854 e. The maximum absolute atomic E-state index is 5.52. The number of rotatable bonds is 4. The van der Waals surface area contributed by atoms with Crippen molar-refractivity contribution < 1.29 is 0 Å². The van der Waals surface area contributed by atoms with Gasteiger partial charge in [-0.1, -0.05) is 0 Å². The maximum atomic E-state index is 5.52. The van der Waals surface area contributed by atoms with Gasteiger partial charge in [-0.15, -0.1) is 0 Å². The molecular weight excluding hydrogens is 641 g/mol. The van der Waals surface area contributed by atoms with Gasteiger partial charge in [-0.25, -0.2) is 20.0 Å². The van der Waals surface area contributed by atoms with E-state index in [0.717, 1.165) is 102 Å². The molecule has 52 heavy (non-hydrogen) atoms. The average Bonchev–Trinajstić information content (AvgIpc) is 3.93. The summed E-state index contributed by atoms with van der Waals surface area (Å²) in [5, 5.41) is 0. The Hall–Kier alpha value is -6.80. The minimum atomic E-state index is 0.693. The van der Waals surface area contributed by atoms with Crippen molar-refractivity contribution in [2.24, 2.45) is 20.0 Å². The number of fused-ring (bicyclic) bond motifs is 4. The van der Waals surface area contributed by atoms with Crippen molar-refractivity contribution in [1.29, 1.82) is 0 Å². The van der Waals surface area contributed by atoms with E-state index >= 15 is 0 Å². The lowest BCUT2D eigenvalue weighted by atomic mass is 9.89. The van der Waals surface area contributed by atoms with Crippen molar-refractivity contribution in [3.63, 3.8) is 0 Å². The number of nitrogens with zero attached hydrogens (tertiary/aromatic N) is 8. The van der Waals surface area contributed by atoms with E-state index < -0.39 is 0 Å². The summed E-state index contributed by atoms with van der Waals surface area (Å²) in [6.45, 7) is 8.28. The van der Waals surface area contributed by atoms with Crippen molar-refractivity contribution in [3.8, 4) is 0 Å².